The highest BCUT2D eigenvalue weighted by molar-refractivity contribution is 14.0. The molecule has 7 heteroatoms. The molecule has 0 aromatic heterocycles. The molecule has 0 bridgehead atoms. The van der Waals surface area contributed by atoms with Crippen molar-refractivity contribution in [3.8, 4) is 17.2 Å². The fourth-order valence-corrected chi connectivity index (χ4v) is 2.56. The largest absolute Gasteiger partial charge is 0.497 e. The zero-order valence-corrected chi connectivity index (χ0v) is 18.8. The second-order valence-electron chi connectivity index (χ2n) is 5.75. The summed E-state index contributed by atoms with van der Waals surface area (Å²) in [4.78, 5) is 4.66. The van der Waals surface area contributed by atoms with E-state index in [1.807, 2.05) is 44.2 Å². The van der Waals surface area contributed by atoms with Gasteiger partial charge in [0.1, 0.15) is 5.75 Å². The van der Waals surface area contributed by atoms with E-state index >= 15 is 0 Å². The highest BCUT2D eigenvalue weighted by atomic mass is 127. The van der Waals surface area contributed by atoms with Gasteiger partial charge in [-0.25, -0.2) is 4.99 Å². The van der Waals surface area contributed by atoms with Gasteiger partial charge in [0.2, 0.25) is 0 Å². The van der Waals surface area contributed by atoms with Crippen LogP contribution in [0.5, 0.6) is 17.2 Å². The fraction of sp³-hybridized carbons (Fsp3) is 0.350. The Morgan fingerprint density at radius 1 is 0.963 bits per heavy atom. The number of hydrogen-bond donors (Lipinski definition) is 2. The maximum absolute atomic E-state index is 5.35. The van der Waals surface area contributed by atoms with Crippen LogP contribution in [0.25, 0.3) is 0 Å². The van der Waals surface area contributed by atoms with E-state index in [1.54, 1.807) is 21.3 Å². The normalized spacial score (nSPS) is 10.6. The molecule has 0 radical (unpaired) electrons. The van der Waals surface area contributed by atoms with Crippen LogP contribution in [0.3, 0.4) is 0 Å². The van der Waals surface area contributed by atoms with Crippen molar-refractivity contribution in [2.24, 2.45) is 4.99 Å². The van der Waals surface area contributed by atoms with Gasteiger partial charge in [-0.2, -0.15) is 0 Å². The number of aliphatic imine (C=N–C) groups is 1. The quantitative estimate of drug-likeness (QED) is 0.350. The second-order valence-corrected chi connectivity index (χ2v) is 5.75. The molecule has 6 nitrogen and oxygen atoms in total. The van der Waals surface area contributed by atoms with Crippen LogP contribution in [-0.4, -0.2) is 33.8 Å². The molecule has 0 saturated heterocycles. The standard InChI is InChI=1S/C20H27N3O3.HI/c1-6-21-20(22-13-15-9-14(2)10-17(11-15)24-3)23-16-7-8-18(25-4)19(12-16)26-5;/h7-12H,6,13H2,1-5H3,(H2,21,22,23);1H. The third-order valence-electron chi connectivity index (χ3n) is 3.76. The summed E-state index contributed by atoms with van der Waals surface area (Å²) in [7, 11) is 4.91. The monoisotopic (exact) mass is 485 g/mol. The molecule has 0 amide bonds. The summed E-state index contributed by atoms with van der Waals surface area (Å²) in [5.74, 6) is 2.89. The lowest BCUT2D eigenvalue weighted by molar-refractivity contribution is 0.355. The van der Waals surface area contributed by atoms with Crippen molar-refractivity contribution >= 4 is 35.6 Å². The molecule has 2 rings (SSSR count). The van der Waals surface area contributed by atoms with Crippen LogP contribution in [0, 0.1) is 6.92 Å². The average Bonchev–Trinajstić information content (AvgIpc) is 2.65. The topological polar surface area (TPSA) is 64.1 Å². The van der Waals surface area contributed by atoms with Crippen LogP contribution in [0.4, 0.5) is 5.69 Å². The number of nitrogens with zero attached hydrogens (tertiary/aromatic N) is 1. The molecule has 0 aliphatic rings. The maximum atomic E-state index is 5.35. The van der Waals surface area contributed by atoms with E-state index in [1.165, 1.54) is 0 Å². The number of ether oxygens (including phenoxy) is 3. The number of halogens is 1. The van der Waals surface area contributed by atoms with E-state index in [4.69, 9.17) is 14.2 Å². The molecule has 148 valence electrons. The van der Waals surface area contributed by atoms with Crippen molar-refractivity contribution < 1.29 is 14.2 Å². The number of aryl methyl sites for hydroxylation is 1. The summed E-state index contributed by atoms with van der Waals surface area (Å²) < 4.78 is 15.9. The Morgan fingerprint density at radius 3 is 2.33 bits per heavy atom. The van der Waals surface area contributed by atoms with E-state index in [2.05, 4.69) is 21.7 Å². The SMILES string of the molecule is CCNC(=NCc1cc(C)cc(OC)c1)Nc1ccc(OC)c(OC)c1.I. The molecule has 0 saturated carbocycles. The molecule has 2 aromatic carbocycles. The van der Waals surface area contributed by atoms with Gasteiger partial charge >= 0.3 is 0 Å². The molecule has 0 heterocycles. The number of nitrogens with one attached hydrogen (secondary N) is 2. The molecule has 0 atom stereocenters. The first-order valence-electron chi connectivity index (χ1n) is 8.51. The number of rotatable bonds is 7. The van der Waals surface area contributed by atoms with Gasteiger partial charge in [0.05, 0.1) is 27.9 Å². The van der Waals surface area contributed by atoms with Crippen molar-refractivity contribution in [3.63, 3.8) is 0 Å². The van der Waals surface area contributed by atoms with Crippen molar-refractivity contribution in [2.45, 2.75) is 20.4 Å². The molecule has 0 aliphatic carbocycles. The zero-order valence-electron chi connectivity index (χ0n) is 16.5. The Morgan fingerprint density at radius 2 is 1.70 bits per heavy atom. The minimum atomic E-state index is 0. The predicted molar refractivity (Wildman–Crippen MR) is 121 cm³/mol. The Labute approximate surface area is 178 Å². The van der Waals surface area contributed by atoms with Crippen molar-refractivity contribution in [2.75, 3.05) is 33.2 Å². The number of hydrogen-bond acceptors (Lipinski definition) is 4. The van der Waals surface area contributed by atoms with Gasteiger partial charge in [-0.15, -0.1) is 24.0 Å². The van der Waals surface area contributed by atoms with Crippen molar-refractivity contribution in [1.82, 2.24) is 5.32 Å². The second kappa shape index (κ2) is 11.5. The lowest BCUT2D eigenvalue weighted by Gasteiger charge is -2.14. The zero-order chi connectivity index (χ0) is 18.9. The first-order chi connectivity index (χ1) is 12.6. The summed E-state index contributed by atoms with van der Waals surface area (Å²) in [6.45, 7) is 5.38. The fourth-order valence-electron chi connectivity index (χ4n) is 2.56. The van der Waals surface area contributed by atoms with Gasteiger partial charge in [0, 0.05) is 18.3 Å². The Balaban J connectivity index is 0.00000364. The Kier molecular flexibility index (Phi) is 9.77. The first-order valence-corrected chi connectivity index (χ1v) is 8.51. The van der Waals surface area contributed by atoms with E-state index in [9.17, 15) is 0 Å². The van der Waals surface area contributed by atoms with Gasteiger partial charge in [-0.1, -0.05) is 6.07 Å². The molecule has 0 unspecified atom stereocenters. The van der Waals surface area contributed by atoms with Gasteiger partial charge in [0.25, 0.3) is 0 Å². The third kappa shape index (κ3) is 6.82. The highest BCUT2D eigenvalue weighted by Gasteiger charge is 2.06. The van der Waals surface area contributed by atoms with Gasteiger partial charge < -0.3 is 24.8 Å². The van der Waals surface area contributed by atoms with Crippen molar-refractivity contribution in [3.05, 3.63) is 47.5 Å². The van der Waals surface area contributed by atoms with E-state index in [-0.39, 0.29) is 24.0 Å². The van der Waals surface area contributed by atoms with Crippen LogP contribution in [-0.2, 0) is 6.54 Å². The van der Waals surface area contributed by atoms with E-state index in [0.29, 0.717) is 24.0 Å². The Bertz CT molecular complexity index is 766. The number of benzene rings is 2. The molecule has 0 fully saturated rings. The van der Waals surface area contributed by atoms with Crippen molar-refractivity contribution in [1.29, 1.82) is 0 Å². The van der Waals surface area contributed by atoms with Gasteiger partial charge in [-0.05, 0) is 49.2 Å². The lowest BCUT2D eigenvalue weighted by atomic mass is 10.1. The van der Waals surface area contributed by atoms with Gasteiger partial charge in [-0.3, -0.25) is 0 Å². The van der Waals surface area contributed by atoms with Crippen LogP contribution >= 0.6 is 24.0 Å². The third-order valence-corrected chi connectivity index (χ3v) is 3.76. The molecule has 2 N–H and O–H groups in total. The van der Waals surface area contributed by atoms with Crippen LogP contribution in [0.1, 0.15) is 18.1 Å². The molecular formula is C20H28IN3O3. The minimum Gasteiger partial charge on any atom is -0.497 e. The van der Waals surface area contributed by atoms with E-state index in [0.717, 1.165) is 29.1 Å². The summed E-state index contributed by atoms with van der Waals surface area (Å²) in [5.41, 5.74) is 3.10. The smallest absolute Gasteiger partial charge is 0.196 e. The molecule has 27 heavy (non-hydrogen) atoms. The number of methoxy groups -OCH3 is 3. The molecule has 2 aromatic rings. The summed E-state index contributed by atoms with van der Waals surface area (Å²) in [6, 6.07) is 11.8. The average molecular weight is 485 g/mol. The van der Waals surface area contributed by atoms with Crippen LogP contribution < -0.4 is 24.8 Å². The van der Waals surface area contributed by atoms with E-state index < -0.39 is 0 Å². The number of guanidine groups is 1. The summed E-state index contributed by atoms with van der Waals surface area (Å²) in [6.07, 6.45) is 0. The number of anilines is 1. The Hall–Kier alpha value is -2.16. The lowest BCUT2D eigenvalue weighted by Crippen LogP contribution is -2.30. The molecule has 0 aliphatic heterocycles. The summed E-state index contributed by atoms with van der Waals surface area (Å²) in [5, 5.41) is 6.54. The van der Waals surface area contributed by atoms with Gasteiger partial charge in [0.15, 0.2) is 17.5 Å². The maximum Gasteiger partial charge on any atom is 0.196 e. The molecule has 0 spiro atoms. The summed E-state index contributed by atoms with van der Waals surface area (Å²) >= 11 is 0. The minimum absolute atomic E-state index is 0. The first kappa shape index (κ1) is 22.9. The molecular weight excluding hydrogens is 457 g/mol. The van der Waals surface area contributed by atoms with Crippen LogP contribution in [0.15, 0.2) is 41.4 Å². The van der Waals surface area contributed by atoms with Crippen LogP contribution in [0.2, 0.25) is 0 Å². The predicted octanol–water partition coefficient (Wildman–Crippen LogP) is 4.22. The highest BCUT2D eigenvalue weighted by Crippen LogP contribution is 2.29.